The van der Waals surface area contributed by atoms with E-state index in [2.05, 4.69) is 55.9 Å². The molecule has 1 aromatic carbocycles. The first-order valence-corrected chi connectivity index (χ1v) is 7.00. The summed E-state index contributed by atoms with van der Waals surface area (Å²) in [5.74, 6) is 1.06. The lowest BCUT2D eigenvalue weighted by atomic mass is 10.1. The molecule has 0 saturated carbocycles. The lowest BCUT2D eigenvalue weighted by Crippen LogP contribution is -2.22. The molecule has 0 aliphatic heterocycles. The number of nitrogens with one attached hydrogen (secondary N) is 1. The molecule has 0 spiro atoms. The van der Waals surface area contributed by atoms with Gasteiger partial charge in [0.2, 0.25) is 0 Å². The lowest BCUT2D eigenvalue weighted by molar-refractivity contribution is 0.567. The van der Waals surface area contributed by atoms with Crippen molar-refractivity contribution in [1.29, 1.82) is 0 Å². The van der Waals surface area contributed by atoms with Crippen molar-refractivity contribution in [2.75, 3.05) is 7.05 Å². The Kier molecular flexibility index (Phi) is 4.55. The smallest absolute Gasteiger partial charge is 0.130 e. The molecule has 4 heteroatoms. The summed E-state index contributed by atoms with van der Waals surface area (Å²) in [4.78, 5) is 4.50. The van der Waals surface area contributed by atoms with E-state index < -0.39 is 0 Å². The Morgan fingerprint density at radius 3 is 2.83 bits per heavy atom. The van der Waals surface area contributed by atoms with Crippen LogP contribution in [-0.4, -0.2) is 16.6 Å². The maximum atomic E-state index is 4.50. The molecule has 0 radical (unpaired) electrons. The molecule has 2 aromatic rings. The summed E-state index contributed by atoms with van der Waals surface area (Å²) in [5.41, 5.74) is 1.21. The normalized spacial score (nSPS) is 12.6. The van der Waals surface area contributed by atoms with Crippen LogP contribution >= 0.6 is 15.9 Å². The van der Waals surface area contributed by atoms with Crippen molar-refractivity contribution >= 4 is 15.9 Å². The van der Waals surface area contributed by atoms with Gasteiger partial charge >= 0.3 is 0 Å². The topological polar surface area (TPSA) is 29.9 Å². The van der Waals surface area contributed by atoms with E-state index in [4.69, 9.17) is 0 Å². The van der Waals surface area contributed by atoms with Crippen LogP contribution in [0.4, 0.5) is 0 Å². The first-order valence-electron chi connectivity index (χ1n) is 6.20. The summed E-state index contributed by atoms with van der Waals surface area (Å²) >= 11 is 3.61. The van der Waals surface area contributed by atoms with Gasteiger partial charge in [0.25, 0.3) is 0 Å². The summed E-state index contributed by atoms with van der Waals surface area (Å²) in [6, 6.07) is 8.38. The zero-order valence-corrected chi connectivity index (χ0v) is 12.3. The van der Waals surface area contributed by atoms with Gasteiger partial charge in [-0.25, -0.2) is 4.98 Å². The predicted molar refractivity (Wildman–Crippen MR) is 77.6 cm³/mol. The van der Waals surface area contributed by atoms with Crippen LogP contribution in [0.25, 0.3) is 0 Å². The number of halogens is 1. The molecule has 96 valence electrons. The number of rotatable bonds is 5. The summed E-state index contributed by atoms with van der Waals surface area (Å²) in [6.45, 7) is 3.18. The van der Waals surface area contributed by atoms with Gasteiger partial charge in [-0.05, 0) is 25.1 Å². The van der Waals surface area contributed by atoms with Crippen LogP contribution in [0.5, 0.6) is 0 Å². The minimum atomic E-state index is 0.113. The van der Waals surface area contributed by atoms with Crippen molar-refractivity contribution in [3.05, 3.63) is 52.5 Å². The maximum Gasteiger partial charge on any atom is 0.130 e. The number of nitrogens with zero attached hydrogens (tertiary/aromatic N) is 2. The van der Waals surface area contributed by atoms with E-state index >= 15 is 0 Å². The van der Waals surface area contributed by atoms with E-state index in [1.165, 1.54) is 5.56 Å². The average molecular weight is 308 g/mol. The fraction of sp³-hybridized carbons (Fsp3) is 0.357. The second-order valence-corrected chi connectivity index (χ2v) is 5.08. The quantitative estimate of drug-likeness (QED) is 0.918. The van der Waals surface area contributed by atoms with E-state index in [9.17, 15) is 0 Å². The van der Waals surface area contributed by atoms with Crippen molar-refractivity contribution in [2.45, 2.75) is 25.9 Å². The van der Waals surface area contributed by atoms with Crippen LogP contribution in [0.1, 0.15) is 30.8 Å². The monoisotopic (exact) mass is 307 g/mol. The number of benzene rings is 1. The van der Waals surface area contributed by atoms with Crippen LogP contribution in [0.15, 0.2) is 41.1 Å². The maximum absolute atomic E-state index is 4.50. The Hall–Kier alpha value is -1.13. The second kappa shape index (κ2) is 6.16. The standard InChI is InChI=1S/C14H18BrN3/c1-3-9-18-10-8-17-14(18)13(16-2)11-6-4-5-7-12(11)15/h4-8,10,13,16H,3,9H2,1-2H3. The van der Waals surface area contributed by atoms with Gasteiger partial charge in [-0.2, -0.15) is 0 Å². The highest BCUT2D eigenvalue weighted by Gasteiger charge is 2.18. The van der Waals surface area contributed by atoms with E-state index in [-0.39, 0.29) is 6.04 Å². The molecular weight excluding hydrogens is 290 g/mol. The Balaban J connectivity index is 2.39. The van der Waals surface area contributed by atoms with Gasteiger partial charge in [0.15, 0.2) is 0 Å². The predicted octanol–water partition coefficient (Wildman–Crippen LogP) is 3.36. The van der Waals surface area contributed by atoms with Crippen molar-refractivity contribution in [1.82, 2.24) is 14.9 Å². The molecule has 1 atom stereocenters. The third-order valence-corrected chi connectivity index (χ3v) is 3.70. The van der Waals surface area contributed by atoms with Gasteiger partial charge in [0.05, 0.1) is 6.04 Å². The third kappa shape index (κ3) is 2.65. The fourth-order valence-corrected chi connectivity index (χ4v) is 2.66. The SMILES string of the molecule is CCCn1ccnc1C(NC)c1ccccc1Br. The van der Waals surface area contributed by atoms with E-state index in [1.807, 2.05) is 25.5 Å². The highest BCUT2D eigenvalue weighted by Crippen LogP contribution is 2.27. The molecule has 0 saturated heterocycles. The van der Waals surface area contributed by atoms with Gasteiger partial charge in [0, 0.05) is 23.4 Å². The number of aryl methyl sites for hydroxylation is 1. The molecule has 0 bridgehead atoms. The zero-order valence-electron chi connectivity index (χ0n) is 10.7. The van der Waals surface area contributed by atoms with Gasteiger partial charge in [-0.15, -0.1) is 0 Å². The first-order chi connectivity index (χ1) is 8.77. The minimum absolute atomic E-state index is 0.113. The molecule has 1 unspecified atom stereocenters. The molecule has 0 fully saturated rings. The molecule has 0 aliphatic rings. The molecule has 1 aromatic heterocycles. The largest absolute Gasteiger partial charge is 0.333 e. The Labute approximate surface area is 116 Å². The van der Waals surface area contributed by atoms with E-state index in [0.29, 0.717) is 0 Å². The van der Waals surface area contributed by atoms with Crippen molar-refractivity contribution in [3.8, 4) is 0 Å². The van der Waals surface area contributed by atoms with E-state index in [1.54, 1.807) is 0 Å². The van der Waals surface area contributed by atoms with Crippen molar-refractivity contribution in [2.24, 2.45) is 0 Å². The molecule has 18 heavy (non-hydrogen) atoms. The number of imidazole rings is 1. The van der Waals surface area contributed by atoms with Crippen LogP contribution in [-0.2, 0) is 6.54 Å². The van der Waals surface area contributed by atoms with Crippen LogP contribution < -0.4 is 5.32 Å². The number of aromatic nitrogens is 2. The third-order valence-electron chi connectivity index (χ3n) is 2.98. The zero-order chi connectivity index (χ0) is 13.0. The van der Waals surface area contributed by atoms with Crippen LogP contribution in [0.2, 0.25) is 0 Å². The molecular formula is C14H18BrN3. The Bertz CT molecular complexity index is 507. The lowest BCUT2D eigenvalue weighted by Gasteiger charge is -2.19. The summed E-state index contributed by atoms with van der Waals surface area (Å²) in [6.07, 6.45) is 5.02. The minimum Gasteiger partial charge on any atom is -0.333 e. The molecule has 2 rings (SSSR count). The first kappa shape index (κ1) is 13.3. The van der Waals surface area contributed by atoms with Crippen molar-refractivity contribution in [3.63, 3.8) is 0 Å². The number of hydrogen-bond acceptors (Lipinski definition) is 2. The Morgan fingerprint density at radius 2 is 2.17 bits per heavy atom. The summed E-state index contributed by atoms with van der Waals surface area (Å²) < 4.78 is 3.32. The van der Waals surface area contributed by atoms with Gasteiger partial charge in [-0.1, -0.05) is 41.1 Å². The summed E-state index contributed by atoms with van der Waals surface area (Å²) in [7, 11) is 1.97. The molecule has 1 N–H and O–H groups in total. The highest BCUT2D eigenvalue weighted by atomic mass is 79.9. The van der Waals surface area contributed by atoms with Gasteiger partial charge in [0.1, 0.15) is 5.82 Å². The Morgan fingerprint density at radius 1 is 1.39 bits per heavy atom. The fourth-order valence-electron chi connectivity index (χ4n) is 2.14. The van der Waals surface area contributed by atoms with Gasteiger partial charge in [-0.3, -0.25) is 0 Å². The van der Waals surface area contributed by atoms with Gasteiger partial charge < -0.3 is 9.88 Å². The second-order valence-electron chi connectivity index (χ2n) is 4.22. The van der Waals surface area contributed by atoms with Crippen molar-refractivity contribution < 1.29 is 0 Å². The number of hydrogen-bond donors (Lipinski definition) is 1. The molecule has 0 amide bonds. The van der Waals surface area contributed by atoms with Crippen LogP contribution in [0.3, 0.4) is 0 Å². The molecule has 3 nitrogen and oxygen atoms in total. The highest BCUT2D eigenvalue weighted by molar-refractivity contribution is 9.10. The van der Waals surface area contributed by atoms with Crippen LogP contribution in [0, 0.1) is 0 Å². The average Bonchev–Trinajstić information content (AvgIpc) is 2.82. The molecule has 0 aliphatic carbocycles. The summed E-state index contributed by atoms with van der Waals surface area (Å²) in [5, 5.41) is 3.35. The molecule has 1 heterocycles. The van der Waals surface area contributed by atoms with E-state index in [0.717, 1.165) is 23.3 Å².